The quantitative estimate of drug-likeness (QED) is 0.640. The highest BCUT2D eigenvalue weighted by Gasteiger charge is 2.38. The number of aromatic nitrogens is 4. The Morgan fingerprint density at radius 3 is 2.83 bits per heavy atom. The molecule has 4 heterocycles. The van der Waals surface area contributed by atoms with Crippen LogP contribution in [-0.2, 0) is 17.5 Å². The Labute approximate surface area is 170 Å². The van der Waals surface area contributed by atoms with Gasteiger partial charge in [-0.05, 0) is 38.3 Å². The molecule has 0 aliphatic carbocycles. The summed E-state index contributed by atoms with van der Waals surface area (Å²) in [6.07, 6.45) is 0.647. The molecule has 0 aromatic carbocycles. The molecule has 30 heavy (non-hydrogen) atoms. The summed E-state index contributed by atoms with van der Waals surface area (Å²) in [4.78, 5) is 18.4. The van der Waals surface area contributed by atoms with Gasteiger partial charge in [-0.2, -0.15) is 18.3 Å². The number of carbonyl (C=O) groups excluding carboxylic acids is 1. The molecule has 1 amide bonds. The lowest BCUT2D eigenvalue weighted by atomic mass is 9.91. The van der Waals surface area contributed by atoms with E-state index in [9.17, 15) is 18.0 Å². The predicted molar refractivity (Wildman–Crippen MR) is 102 cm³/mol. The molecule has 0 N–H and O–H groups in total. The normalized spacial score (nSPS) is 17.6. The van der Waals surface area contributed by atoms with Crippen LogP contribution in [0.4, 0.5) is 13.2 Å². The monoisotopic (exact) mass is 421 g/mol. The third-order valence-corrected chi connectivity index (χ3v) is 5.38. The first-order chi connectivity index (χ1) is 14.2. The van der Waals surface area contributed by atoms with Crippen molar-refractivity contribution >= 4 is 17.0 Å². The molecule has 1 atom stereocenters. The maximum atomic E-state index is 13.6. The summed E-state index contributed by atoms with van der Waals surface area (Å²) < 4.78 is 47.7. The van der Waals surface area contributed by atoms with Gasteiger partial charge < -0.3 is 9.42 Å². The molecular weight excluding hydrogens is 399 g/mol. The number of aryl methyl sites for hydroxylation is 3. The highest BCUT2D eigenvalue weighted by Crippen LogP contribution is 2.40. The smallest absolute Gasteiger partial charge is 0.342 e. The van der Waals surface area contributed by atoms with Crippen molar-refractivity contribution in [3.63, 3.8) is 0 Å². The number of hydrogen-bond acceptors (Lipinski definition) is 5. The predicted octanol–water partition coefficient (Wildman–Crippen LogP) is 3.85. The van der Waals surface area contributed by atoms with Crippen molar-refractivity contribution in [2.75, 3.05) is 13.1 Å². The van der Waals surface area contributed by atoms with Crippen molar-refractivity contribution < 1.29 is 22.5 Å². The molecule has 0 radical (unpaired) electrons. The van der Waals surface area contributed by atoms with E-state index in [1.165, 1.54) is 6.92 Å². The highest BCUT2D eigenvalue weighted by molar-refractivity contribution is 5.82. The van der Waals surface area contributed by atoms with Crippen LogP contribution in [-0.4, -0.2) is 43.8 Å². The molecule has 3 aromatic rings. The lowest BCUT2D eigenvalue weighted by Crippen LogP contribution is -2.39. The number of fused-ring (bicyclic) bond motifs is 1. The molecule has 1 aliphatic heterocycles. The number of carbonyl (C=O) groups is 1. The average Bonchev–Trinajstić information content (AvgIpc) is 3.30. The number of hydrogen-bond donors (Lipinski definition) is 0. The molecule has 10 heteroatoms. The van der Waals surface area contributed by atoms with Crippen LogP contribution in [0, 0.1) is 13.8 Å². The fourth-order valence-electron chi connectivity index (χ4n) is 3.98. The maximum Gasteiger partial charge on any atom is 0.417 e. The average molecular weight is 421 g/mol. The number of halogens is 3. The topological polar surface area (TPSA) is 77.0 Å². The minimum absolute atomic E-state index is 0.0503. The van der Waals surface area contributed by atoms with E-state index in [1.807, 2.05) is 13.1 Å². The fraction of sp³-hybridized carbons (Fsp3) is 0.500. The second-order valence-electron chi connectivity index (χ2n) is 7.77. The number of amides is 1. The molecule has 0 spiro atoms. The Bertz CT molecular complexity index is 1070. The van der Waals surface area contributed by atoms with Gasteiger partial charge >= 0.3 is 6.18 Å². The Hall–Kier alpha value is -2.91. The van der Waals surface area contributed by atoms with Crippen LogP contribution in [0.25, 0.3) is 11.1 Å². The second-order valence-corrected chi connectivity index (χ2v) is 7.77. The summed E-state index contributed by atoms with van der Waals surface area (Å²) >= 11 is 0. The van der Waals surface area contributed by atoms with Gasteiger partial charge in [0.2, 0.25) is 5.91 Å². The minimum atomic E-state index is -4.54. The standard InChI is InChI=1S/C20H22F3N5O2/c1-12-9-24-28(10-12)7-5-16(29)27-6-3-4-14(11-27)18-17-15(20(21,22)23)8-13(2)25-19(17)30-26-18/h8-10,14H,3-7,11H2,1-2H3. The van der Waals surface area contributed by atoms with Crippen molar-refractivity contribution in [2.24, 2.45) is 0 Å². The van der Waals surface area contributed by atoms with E-state index in [-0.39, 0.29) is 40.7 Å². The molecule has 4 rings (SSSR count). The summed E-state index contributed by atoms with van der Waals surface area (Å²) in [5, 5.41) is 8.01. The van der Waals surface area contributed by atoms with Gasteiger partial charge in [-0.15, -0.1) is 0 Å². The summed E-state index contributed by atoms with van der Waals surface area (Å²) in [5.74, 6) is -0.382. The van der Waals surface area contributed by atoms with Crippen molar-refractivity contribution in [1.82, 2.24) is 24.8 Å². The van der Waals surface area contributed by atoms with Crippen molar-refractivity contribution in [2.45, 2.75) is 51.7 Å². The van der Waals surface area contributed by atoms with Gasteiger partial charge in [-0.3, -0.25) is 9.48 Å². The van der Waals surface area contributed by atoms with E-state index in [4.69, 9.17) is 4.52 Å². The first-order valence-corrected chi connectivity index (χ1v) is 9.83. The van der Waals surface area contributed by atoms with Crippen LogP contribution in [0.15, 0.2) is 23.0 Å². The molecule has 7 nitrogen and oxygen atoms in total. The molecule has 1 aliphatic rings. The van der Waals surface area contributed by atoms with Crippen molar-refractivity contribution in [3.05, 3.63) is 41.0 Å². The molecular formula is C20H22F3N5O2. The fourth-order valence-corrected chi connectivity index (χ4v) is 3.98. The number of pyridine rings is 1. The minimum Gasteiger partial charge on any atom is -0.342 e. The number of likely N-dealkylation sites (tertiary alicyclic amines) is 1. The van der Waals surface area contributed by atoms with E-state index < -0.39 is 11.7 Å². The van der Waals surface area contributed by atoms with Crippen LogP contribution < -0.4 is 0 Å². The van der Waals surface area contributed by atoms with Crippen LogP contribution in [0.5, 0.6) is 0 Å². The number of piperidine rings is 1. The van der Waals surface area contributed by atoms with Crippen LogP contribution in [0.3, 0.4) is 0 Å². The van der Waals surface area contributed by atoms with Gasteiger partial charge in [0, 0.05) is 43.9 Å². The lowest BCUT2D eigenvalue weighted by Gasteiger charge is -2.32. The molecule has 1 fully saturated rings. The molecule has 0 saturated carbocycles. The molecule has 0 bridgehead atoms. The van der Waals surface area contributed by atoms with Crippen LogP contribution >= 0.6 is 0 Å². The second kappa shape index (κ2) is 7.73. The zero-order valence-corrected chi connectivity index (χ0v) is 16.7. The van der Waals surface area contributed by atoms with E-state index >= 15 is 0 Å². The zero-order valence-electron chi connectivity index (χ0n) is 16.7. The molecule has 160 valence electrons. The Kier molecular flexibility index (Phi) is 5.25. The Morgan fingerprint density at radius 1 is 1.33 bits per heavy atom. The first-order valence-electron chi connectivity index (χ1n) is 9.83. The first kappa shape index (κ1) is 20.4. The van der Waals surface area contributed by atoms with Gasteiger partial charge in [0.25, 0.3) is 5.71 Å². The number of alkyl halides is 3. The van der Waals surface area contributed by atoms with Gasteiger partial charge in [0.05, 0.1) is 22.8 Å². The van der Waals surface area contributed by atoms with Crippen molar-refractivity contribution in [3.8, 4) is 0 Å². The van der Waals surface area contributed by atoms with E-state index in [2.05, 4.69) is 15.2 Å². The van der Waals surface area contributed by atoms with Gasteiger partial charge in [0.1, 0.15) is 0 Å². The van der Waals surface area contributed by atoms with Gasteiger partial charge in [-0.25, -0.2) is 4.98 Å². The molecule has 1 unspecified atom stereocenters. The summed E-state index contributed by atoms with van der Waals surface area (Å²) in [5.41, 5.74) is 0.549. The van der Waals surface area contributed by atoms with Crippen molar-refractivity contribution in [1.29, 1.82) is 0 Å². The third-order valence-electron chi connectivity index (χ3n) is 5.38. The summed E-state index contributed by atoms with van der Waals surface area (Å²) in [6.45, 7) is 4.76. The molecule has 3 aromatic heterocycles. The number of rotatable bonds is 4. The summed E-state index contributed by atoms with van der Waals surface area (Å²) in [7, 11) is 0. The Balaban J connectivity index is 1.54. The van der Waals surface area contributed by atoms with Crippen LogP contribution in [0.2, 0.25) is 0 Å². The van der Waals surface area contributed by atoms with E-state index in [0.717, 1.165) is 11.6 Å². The summed E-state index contributed by atoms with van der Waals surface area (Å²) in [6, 6.07) is 1.01. The highest BCUT2D eigenvalue weighted by atomic mass is 19.4. The SMILES string of the molecule is Cc1cnn(CCC(=O)N2CCCC(c3noc4nc(C)cc(C(F)(F)F)c34)C2)c1. The van der Waals surface area contributed by atoms with Gasteiger partial charge in [-0.1, -0.05) is 5.16 Å². The van der Waals surface area contributed by atoms with E-state index in [1.54, 1.807) is 15.8 Å². The maximum absolute atomic E-state index is 13.6. The third kappa shape index (κ3) is 4.03. The largest absolute Gasteiger partial charge is 0.417 e. The Morgan fingerprint density at radius 2 is 2.13 bits per heavy atom. The van der Waals surface area contributed by atoms with E-state index in [0.29, 0.717) is 32.5 Å². The number of nitrogens with zero attached hydrogens (tertiary/aromatic N) is 5. The van der Waals surface area contributed by atoms with Crippen LogP contribution in [0.1, 0.15) is 47.7 Å². The van der Waals surface area contributed by atoms with Gasteiger partial charge in [0.15, 0.2) is 0 Å². The molecule has 1 saturated heterocycles. The zero-order chi connectivity index (χ0) is 21.5. The lowest BCUT2D eigenvalue weighted by molar-refractivity contribution is -0.136.